The molecule has 3 heterocycles. The van der Waals surface area contributed by atoms with Crippen LogP contribution in [0.2, 0.25) is 0 Å². The molecule has 10 nitrogen and oxygen atoms in total. The van der Waals surface area contributed by atoms with Crippen LogP contribution in [0.25, 0.3) is 0 Å². The van der Waals surface area contributed by atoms with Crippen molar-refractivity contribution in [2.45, 2.75) is 51.2 Å². The number of likely N-dealkylation sites (tertiary alicyclic amines) is 1. The van der Waals surface area contributed by atoms with E-state index in [4.69, 9.17) is 0 Å². The molecule has 1 aliphatic rings. The Labute approximate surface area is 221 Å². The average Bonchev–Trinajstić information content (AvgIpc) is 2.81. The zero-order chi connectivity index (χ0) is 27.7. The van der Waals surface area contributed by atoms with Crippen LogP contribution in [0.4, 0.5) is 37.9 Å². The first-order chi connectivity index (χ1) is 17.8. The zero-order valence-electron chi connectivity index (χ0n) is 22.0. The van der Waals surface area contributed by atoms with Crippen LogP contribution >= 0.6 is 0 Å². The van der Waals surface area contributed by atoms with Gasteiger partial charge >= 0.3 is 0 Å². The fourth-order valence-electron chi connectivity index (χ4n) is 4.00. The standard InChI is InChI=1S/C25H32F2N8O2S/c1-15-13-28-24(31-17-10-18(26)22(19(27)11-17)16-6-8-35(5)9-7-16)33-23(15)32-20-12-21(30-14-29-20)34-38(36,37)25(2,3)4/h10-14,16H,6-9H2,1-5H3,(H3,28,29,30,31,32,33,34). The summed E-state index contributed by atoms with van der Waals surface area (Å²) in [6.45, 7) is 8.10. The molecule has 0 unspecified atom stereocenters. The number of hydrogen-bond donors (Lipinski definition) is 3. The van der Waals surface area contributed by atoms with Crippen molar-refractivity contribution < 1.29 is 17.2 Å². The molecule has 1 saturated heterocycles. The summed E-state index contributed by atoms with van der Waals surface area (Å²) in [6.07, 6.45) is 4.17. The number of sulfonamides is 1. The summed E-state index contributed by atoms with van der Waals surface area (Å²) in [5.74, 6) is -0.479. The van der Waals surface area contributed by atoms with Crippen molar-refractivity contribution in [3.8, 4) is 0 Å². The molecule has 38 heavy (non-hydrogen) atoms. The zero-order valence-corrected chi connectivity index (χ0v) is 22.8. The molecule has 1 aromatic carbocycles. The number of aromatic nitrogens is 4. The first-order valence-electron chi connectivity index (χ1n) is 12.2. The number of rotatable bonds is 7. The summed E-state index contributed by atoms with van der Waals surface area (Å²) in [6, 6.07) is 3.95. The summed E-state index contributed by atoms with van der Waals surface area (Å²) in [4.78, 5) is 18.9. The summed E-state index contributed by atoms with van der Waals surface area (Å²) < 4.78 is 56.2. The van der Waals surface area contributed by atoms with Crippen molar-refractivity contribution in [2.24, 2.45) is 0 Å². The minimum Gasteiger partial charge on any atom is -0.324 e. The van der Waals surface area contributed by atoms with Crippen molar-refractivity contribution in [3.63, 3.8) is 0 Å². The van der Waals surface area contributed by atoms with Gasteiger partial charge in [0.15, 0.2) is 0 Å². The molecule has 0 spiro atoms. The van der Waals surface area contributed by atoms with Gasteiger partial charge in [-0.3, -0.25) is 4.72 Å². The quantitative estimate of drug-likeness (QED) is 0.387. The van der Waals surface area contributed by atoms with Crippen LogP contribution in [-0.4, -0.2) is 58.1 Å². The van der Waals surface area contributed by atoms with Gasteiger partial charge < -0.3 is 15.5 Å². The lowest BCUT2D eigenvalue weighted by molar-refractivity contribution is 0.250. The first-order valence-corrected chi connectivity index (χ1v) is 13.7. The maximum atomic E-state index is 14.9. The minimum absolute atomic E-state index is 0.0955. The van der Waals surface area contributed by atoms with Crippen LogP contribution in [0, 0.1) is 18.6 Å². The predicted octanol–water partition coefficient (Wildman–Crippen LogP) is 4.69. The second kappa shape index (κ2) is 10.7. The van der Waals surface area contributed by atoms with Gasteiger partial charge in [0.1, 0.15) is 35.4 Å². The number of nitrogens with zero attached hydrogens (tertiary/aromatic N) is 5. The molecule has 0 saturated carbocycles. The number of anilines is 5. The van der Waals surface area contributed by atoms with Crippen molar-refractivity contribution >= 4 is 39.1 Å². The lowest BCUT2D eigenvalue weighted by Gasteiger charge is -2.29. The van der Waals surface area contributed by atoms with Crippen LogP contribution in [0.15, 0.2) is 30.7 Å². The van der Waals surface area contributed by atoms with E-state index in [1.807, 2.05) is 7.05 Å². The van der Waals surface area contributed by atoms with Gasteiger partial charge in [-0.2, -0.15) is 4.98 Å². The molecule has 4 rings (SSSR count). The Bertz CT molecular complexity index is 1400. The van der Waals surface area contributed by atoms with E-state index in [0.717, 1.165) is 13.1 Å². The summed E-state index contributed by atoms with van der Waals surface area (Å²) in [5, 5.41) is 5.87. The molecule has 2 aromatic heterocycles. The number of halogens is 2. The normalized spacial score (nSPS) is 15.3. The number of piperidine rings is 1. The van der Waals surface area contributed by atoms with Gasteiger partial charge in [-0.25, -0.2) is 32.2 Å². The van der Waals surface area contributed by atoms with Gasteiger partial charge in [0.05, 0.1) is 4.75 Å². The Hall–Kier alpha value is -3.45. The average molecular weight is 547 g/mol. The molecule has 0 atom stereocenters. The third-order valence-electron chi connectivity index (χ3n) is 6.39. The summed E-state index contributed by atoms with van der Waals surface area (Å²) in [5.41, 5.74) is 0.978. The smallest absolute Gasteiger partial charge is 0.238 e. The van der Waals surface area contributed by atoms with Gasteiger partial charge in [-0.05, 0) is 78.7 Å². The van der Waals surface area contributed by atoms with Gasteiger partial charge in [-0.1, -0.05) is 0 Å². The highest BCUT2D eigenvalue weighted by Crippen LogP contribution is 2.33. The van der Waals surface area contributed by atoms with Crippen molar-refractivity contribution in [3.05, 3.63) is 53.5 Å². The number of hydrogen-bond acceptors (Lipinski definition) is 9. The Balaban J connectivity index is 1.51. The predicted molar refractivity (Wildman–Crippen MR) is 143 cm³/mol. The maximum absolute atomic E-state index is 14.9. The Kier molecular flexibility index (Phi) is 7.79. The number of aryl methyl sites for hydroxylation is 1. The SMILES string of the molecule is Cc1cnc(Nc2cc(F)c(C3CCN(C)CC3)c(F)c2)nc1Nc1cc(NS(=O)(=O)C(C)(C)C)ncn1. The van der Waals surface area contributed by atoms with E-state index < -0.39 is 26.4 Å². The molecule has 13 heteroatoms. The van der Waals surface area contributed by atoms with Crippen LogP contribution in [-0.2, 0) is 10.0 Å². The molecule has 0 radical (unpaired) electrons. The largest absolute Gasteiger partial charge is 0.324 e. The van der Waals surface area contributed by atoms with Crippen LogP contribution in [0.1, 0.15) is 50.7 Å². The van der Waals surface area contributed by atoms with E-state index >= 15 is 0 Å². The number of nitrogens with one attached hydrogen (secondary N) is 3. The molecule has 1 fully saturated rings. The van der Waals surface area contributed by atoms with E-state index in [0.29, 0.717) is 30.0 Å². The highest BCUT2D eigenvalue weighted by Gasteiger charge is 2.29. The Morgan fingerprint density at radius 2 is 1.61 bits per heavy atom. The first kappa shape index (κ1) is 27.6. The van der Waals surface area contributed by atoms with E-state index in [1.165, 1.54) is 24.5 Å². The van der Waals surface area contributed by atoms with E-state index in [9.17, 15) is 17.2 Å². The highest BCUT2D eigenvalue weighted by molar-refractivity contribution is 7.94. The second-order valence-electron chi connectivity index (χ2n) is 10.4. The molecule has 0 amide bonds. The van der Waals surface area contributed by atoms with E-state index in [1.54, 1.807) is 33.9 Å². The molecule has 204 valence electrons. The van der Waals surface area contributed by atoms with Crippen LogP contribution < -0.4 is 15.4 Å². The third-order valence-corrected chi connectivity index (χ3v) is 8.48. The lowest BCUT2D eigenvalue weighted by Crippen LogP contribution is -2.34. The van der Waals surface area contributed by atoms with E-state index in [-0.39, 0.29) is 28.9 Å². The molecule has 1 aliphatic heterocycles. The van der Waals surface area contributed by atoms with Crippen LogP contribution in [0.5, 0.6) is 0 Å². The maximum Gasteiger partial charge on any atom is 0.238 e. The Morgan fingerprint density at radius 3 is 2.24 bits per heavy atom. The van der Waals surface area contributed by atoms with Crippen molar-refractivity contribution in [1.82, 2.24) is 24.8 Å². The fourth-order valence-corrected chi connectivity index (χ4v) is 4.69. The van der Waals surface area contributed by atoms with Gasteiger partial charge in [0.25, 0.3) is 0 Å². The van der Waals surface area contributed by atoms with Crippen LogP contribution in [0.3, 0.4) is 0 Å². The van der Waals surface area contributed by atoms with Crippen molar-refractivity contribution in [2.75, 3.05) is 35.5 Å². The topological polar surface area (TPSA) is 125 Å². The van der Waals surface area contributed by atoms with Gasteiger partial charge in [0.2, 0.25) is 16.0 Å². The number of benzene rings is 1. The summed E-state index contributed by atoms with van der Waals surface area (Å²) >= 11 is 0. The molecule has 3 N–H and O–H groups in total. The molecule has 0 aliphatic carbocycles. The van der Waals surface area contributed by atoms with E-state index in [2.05, 4.69) is 40.2 Å². The molecule has 3 aromatic rings. The Morgan fingerprint density at radius 1 is 0.974 bits per heavy atom. The lowest BCUT2D eigenvalue weighted by atomic mass is 9.88. The third kappa shape index (κ3) is 6.33. The molecular weight excluding hydrogens is 514 g/mol. The molecular formula is C25H32F2N8O2S. The second-order valence-corrected chi connectivity index (χ2v) is 12.8. The van der Waals surface area contributed by atoms with Gasteiger partial charge in [-0.15, -0.1) is 0 Å². The van der Waals surface area contributed by atoms with Crippen molar-refractivity contribution in [1.29, 1.82) is 0 Å². The minimum atomic E-state index is -3.68. The molecule has 0 bridgehead atoms. The fraction of sp³-hybridized carbons (Fsp3) is 0.440. The summed E-state index contributed by atoms with van der Waals surface area (Å²) in [7, 11) is -1.68. The highest BCUT2D eigenvalue weighted by atomic mass is 32.2. The van der Waals surface area contributed by atoms with Gasteiger partial charge in [0, 0.05) is 29.1 Å². The monoisotopic (exact) mass is 546 g/mol.